The molecule has 0 atom stereocenters. The zero-order valence-corrected chi connectivity index (χ0v) is 14.8. The number of rotatable bonds is 7. The SMILES string of the molecule is CSCCNC(=NCc1ccccc1Cl)NCC(=O)N(C)C. The third-order valence-electron chi connectivity index (χ3n) is 2.87. The Morgan fingerprint density at radius 3 is 2.68 bits per heavy atom. The van der Waals surface area contributed by atoms with Crippen LogP contribution in [0.2, 0.25) is 5.02 Å². The zero-order chi connectivity index (χ0) is 16.4. The lowest BCUT2D eigenvalue weighted by Gasteiger charge is -2.15. The van der Waals surface area contributed by atoms with E-state index in [0.29, 0.717) is 17.5 Å². The Kier molecular flexibility index (Phi) is 8.77. The van der Waals surface area contributed by atoms with Crippen LogP contribution in [0.5, 0.6) is 0 Å². The number of aliphatic imine (C=N–C) groups is 1. The van der Waals surface area contributed by atoms with Gasteiger partial charge in [-0.3, -0.25) is 4.79 Å². The zero-order valence-electron chi connectivity index (χ0n) is 13.2. The second-order valence-electron chi connectivity index (χ2n) is 4.82. The van der Waals surface area contributed by atoms with E-state index in [-0.39, 0.29) is 12.5 Å². The number of likely N-dealkylation sites (N-methyl/N-ethyl adjacent to an activating group) is 1. The number of halogens is 1. The van der Waals surface area contributed by atoms with Crippen molar-refractivity contribution in [3.63, 3.8) is 0 Å². The topological polar surface area (TPSA) is 56.7 Å². The number of hydrogen-bond acceptors (Lipinski definition) is 3. The minimum Gasteiger partial charge on any atom is -0.356 e. The maximum atomic E-state index is 11.7. The van der Waals surface area contributed by atoms with E-state index in [2.05, 4.69) is 15.6 Å². The minimum absolute atomic E-state index is 0.00268. The fourth-order valence-electron chi connectivity index (χ4n) is 1.55. The molecule has 1 rings (SSSR count). The summed E-state index contributed by atoms with van der Waals surface area (Å²) in [6.45, 7) is 1.46. The quantitative estimate of drug-likeness (QED) is 0.451. The second kappa shape index (κ2) is 10.3. The van der Waals surface area contributed by atoms with Crippen LogP contribution in [0.15, 0.2) is 29.3 Å². The van der Waals surface area contributed by atoms with Crippen molar-refractivity contribution >= 4 is 35.2 Å². The number of nitrogens with one attached hydrogen (secondary N) is 2. The average molecular weight is 343 g/mol. The van der Waals surface area contributed by atoms with Crippen molar-refractivity contribution in [2.45, 2.75) is 6.54 Å². The molecule has 5 nitrogen and oxygen atoms in total. The monoisotopic (exact) mass is 342 g/mol. The summed E-state index contributed by atoms with van der Waals surface area (Å²) in [7, 11) is 3.46. The van der Waals surface area contributed by atoms with Gasteiger partial charge in [0.25, 0.3) is 0 Å². The van der Waals surface area contributed by atoms with Crippen LogP contribution < -0.4 is 10.6 Å². The molecule has 7 heteroatoms. The third kappa shape index (κ3) is 7.04. The van der Waals surface area contributed by atoms with E-state index in [9.17, 15) is 4.79 Å². The highest BCUT2D eigenvalue weighted by Gasteiger charge is 2.06. The van der Waals surface area contributed by atoms with Gasteiger partial charge in [0.2, 0.25) is 5.91 Å². The lowest BCUT2D eigenvalue weighted by Crippen LogP contribution is -2.43. The molecule has 0 aliphatic rings. The van der Waals surface area contributed by atoms with Crippen LogP contribution in [0.3, 0.4) is 0 Å². The number of hydrogen-bond donors (Lipinski definition) is 2. The van der Waals surface area contributed by atoms with E-state index < -0.39 is 0 Å². The molecule has 0 bridgehead atoms. The number of carbonyl (C=O) groups is 1. The van der Waals surface area contributed by atoms with E-state index >= 15 is 0 Å². The van der Waals surface area contributed by atoms with Crippen LogP contribution in [0.4, 0.5) is 0 Å². The summed E-state index contributed by atoms with van der Waals surface area (Å²) < 4.78 is 0. The van der Waals surface area contributed by atoms with E-state index in [1.165, 1.54) is 0 Å². The molecule has 0 heterocycles. The number of carbonyl (C=O) groups excluding carboxylic acids is 1. The smallest absolute Gasteiger partial charge is 0.241 e. The van der Waals surface area contributed by atoms with Gasteiger partial charge in [0.1, 0.15) is 0 Å². The molecule has 1 amide bonds. The summed E-state index contributed by atoms with van der Waals surface area (Å²) in [4.78, 5) is 17.7. The van der Waals surface area contributed by atoms with Crippen LogP contribution >= 0.6 is 23.4 Å². The number of nitrogens with zero attached hydrogens (tertiary/aromatic N) is 2. The molecule has 0 aromatic heterocycles. The van der Waals surface area contributed by atoms with E-state index in [1.54, 1.807) is 30.8 Å². The van der Waals surface area contributed by atoms with Gasteiger partial charge in [-0.15, -0.1) is 0 Å². The Labute approximate surface area is 141 Å². The van der Waals surface area contributed by atoms with Crippen LogP contribution in [0, 0.1) is 0 Å². The molecule has 0 aliphatic heterocycles. The van der Waals surface area contributed by atoms with Gasteiger partial charge in [-0.1, -0.05) is 29.8 Å². The number of thioether (sulfide) groups is 1. The molecule has 0 unspecified atom stereocenters. The van der Waals surface area contributed by atoms with E-state index in [0.717, 1.165) is 17.9 Å². The standard InChI is InChI=1S/C15H23ClN4OS/c1-20(2)14(21)11-19-15(17-8-9-22-3)18-10-12-6-4-5-7-13(12)16/h4-7H,8-11H2,1-3H3,(H2,17,18,19). The van der Waals surface area contributed by atoms with Crippen LogP contribution in [0.1, 0.15) is 5.56 Å². The summed E-state index contributed by atoms with van der Waals surface area (Å²) in [6.07, 6.45) is 2.05. The number of amides is 1. The van der Waals surface area contributed by atoms with Crippen molar-refractivity contribution in [3.05, 3.63) is 34.9 Å². The van der Waals surface area contributed by atoms with Crippen molar-refractivity contribution in [1.29, 1.82) is 0 Å². The van der Waals surface area contributed by atoms with Crippen molar-refractivity contribution in [3.8, 4) is 0 Å². The van der Waals surface area contributed by atoms with Gasteiger partial charge in [-0.2, -0.15) is 11.8 Å². The highest BCUT2D eigenvalue weighted by molar-refractivity contribution is 7.98. The first kappa shape index (κ1) is 18.6. The van der Waals surface area contributed by atoms with Crippen LogP contribution in [-0.2, 0) is 11.3 Å². The maximum absolute atomic E-state index is 11.7. The maximum Gasteiger partial charge on any atom is 0.241 e. The second-order valence-corrected chi connectivity index (χ2v) is 6.21. The molecule has 0 spiro atoms. The third-order valence-corrected chi connectivity index (χ3v) is 3.85. The predicted octanol–water partition coefficient (Wildman–Crippen LogP) is 1.83. The average Bonchev–Trinajstić information content (AvgIpc) is 2.50. The Bertz CT molecular complexity index is 508. The van der Waals surface area contributed by atoms with Crippen molar-refractivity contribution in [2.75, 3.05) is 39.2 Å². The fourth-order valence-corrected chi connectivity index (χ4v) is 2.06. The molecule has 122 valence electrons. The molecule has 2 N–H and O–H groups in total. The first-order valence-corrected chi connectivity index (χ1v) is 8.76. The minimum atomic E-state index is -0.00268. The Morgan fingerprint density at radius 2 is 2.05 bits per heavy atom. The van der Waals surface area contributed by atoms with E-state index in [1.807, 2.05) is 30.5 Å². The first-order chi connectivity index (χ1) is 10.5. The summed E-state index contributed by atoms with van der Waals surface area (Å²) >= 11 is 7.88. The Morgan fingerprint density at radius 1 is 1.32 bits per heavy atom. The lowest BCUT2D eigenvalue weighted by molar-refractivity contribution is -0.127. The molecule has 0 radical (unpaired) electrons. The van der Waals surface area contributed by atoms with Gasteiger partial charge in [-0.25, -0.2) is 4.99 Å². The van der Waals surface area contributed by atoms with Gasteiger partial charge in [0, 0.05) is 31.4 Å². The van der Waals surface area contributed by atoms with Gasteiger partial charge < -0.3 is 15.5 Å². The highest BCUT2D eigenvalue weighted by atomic mass is 35.5. The Balaban J connectivity index is 2.65. The highest BCUT2D eigenvalue weighted by Crippen LogP contribution is 2.15. The Hall–Kier alpha value is -1.40. The van der Waals surface area contributed by atoms with E-state index in [4.69, 9.17) is 11.6 Å². The molecule has 0 saturated heterocycles. The molecular weight excluding hydrogens is 320 g/mol. The first-order valence-electron chi connectivity index (χ1n) is 6.99. The molecule has 0 saturated carbocycles. The van der Waals surface area contributed by atoms with Crippen molar-refractivity contribution < 1.29 is 4.79 Å². The van der Waals surface area contributed by atoms with Gasteiger partial charge >= 0.3 is 0 Å². The lowest BCUT2D eigenvalue weighted by atomic mass is 10.2. The molecule has 1 aromatic rings. The fraction of sp³-hybridized carbons (Fsp3) is 0.467. The van der Waals surface area contributed by atoms with Gasteiger partial charge in [0.15, 0.2) is 5.96 Å². The normalized spacial score (nSPS) is 11.2. The largest absolute Gasteiger partial charge is 0.356 e. The molecular formula is C15H23ClN4OS. The molecule has 22 heavy (non-hydrogen) atoms. The molecule has 1 aromatic carbocycles. The van der Waals surface area contributed by atoms with Crippen molar-refractivity contribution in [1.82, 2.24) is 15.5 Å². The summed E-state index contributed by atoms with van der Waals surface area (Å²) in [6, 6.07) is 7.61. The summed E-state index contributed by atoms with van der Waals surface area (Å²) in [5.74, 6) is 1.58. The molecule has 0 fully saturated rings. The van der Waals surface area contributed by atoms with Gasteiger partial charge in [-0.05, 0) is 17.9 Å². The number of guanidine groups is 1. The van der Waals surface area contributed by atoms with Crippen LogP contribution in [-0.4, -0.2) is 56.0 Å². The summed E-state index contributed by atoms with van der Waals surface area (Å²) in [5.41, 5.74) is 0.953. The molecule has 0 aliphatic carbocycles. The summed E-state index contributed by atoms with van der Waals surface area (Å²) in [5, 5.41) is 6.95. The van der Waals surface area contributed by atoms with Crippen molar-refractivity contribution in [2.24, 2.45) is 4.99 Å². The van der Waals surface area contributed by atoms with Gasteiger partial charge in [0.05, 0.1) is 13.1 Å². The number of benzene rings is 1. The predicted molar refractivity (Wildman–Crippen MR) is 95.7 cm³/mol. The van der Waals surface area contributed by atoms with Crippen LogP contribution in [0.25, 0.3) is 0 Å².